The van der Waals surface area contributed by atoms with E-state index in [-0.39, 0.29) is 0 Å². The quantitative estimate of drug-likeness (QED) is 0.180. The average molecular weight is 816 g/mol. The standard InChI is InChI=1S/C44H50Si.2CH3.Hf/c1-25(2)45(26(3)4,37-21-35-15-13-17-39(41(35)23-37)43-31(9)27(5)19-28(6)32(43)10)38-22-36-16-14-18-40(42(36)24-38)44-33(11)29(7)20-30(8)34(44)12;;;/h13-26H,1-12H3;2*1H3;. The zero-order chi connectivity index (χ0) is 34.8. The molecule has 0 amide bonds. The molecule has 48 heavy (non-hydrogen) atoms. The summed E-state index contributed by atoms with van der Waals surface area (Å²) in [6.07, 6.45) is 5.61. The summed E-state index contributed by atoms with van der Waals surface area (Å²) in [7, 11) is -2.15. The third kappa shape index (κ3) is 4.40. The Morgan fingerprint density at radius 1 is 0.521 bits per heavy atom. The van der Waals surface area contributed by atoms with Crippen LogP contribution in [0.25, 0.3) is 34.4 Å². The summed E-state index contributed by atoms with van der Waals surface area (Å²) in [6, 6.07) is 19.5. The summed E-state index contributed by atoms with van der Waals surface area (Å²) in [5, 5.41) is 3.77. The number of hydrogen-bond acceptors (Lipinski definition) is 0. The summed E-state index contributed by atoms with van der Waals surface area (Å²) >= 11 is -3.19. The van der Waals surface area contributed by atoms with Gasteiger partial charge in [-0.3, -0.25) is 0 Å². The van der Waals surface area contributed by atoms with Crippen LogP contribution in [0.5, 0.6) is 0 Å². The van der Waals surface area contributed by atoms with Gasteiger partial charge in [0.2, 0.25) is 0 Å². The summed E-state index contributed by atoms with van der Waals surface area (Å²) in [5.41, 5.74) is 25.0. The number of benzene rings is 4. The van der Waals surface area contributed by atoms with Gasteiger partial charge in [0, 0.05) is 0 Å². The van der Waals surface area contributed by atoms with E-state index < -0.39 is 28.0 Å². The van der Waals surface area contributed by atoms with Gasteiger partial charge in [-0.05, 0) is 0 Å². The number of allylic oxidation sites excluding steroid dienone is 2. The Bertz CT molecular complexity index is 1900. The molecule has 3 aliphatic rings. The molecule has 0 bridgehead atoms. The Balaban J connectivity index is 1.54. The van der Waals surface area contributed by atoms with Crippen molar-refractivity contribution in [2.75, 3.05) is 0 Å². The van der Waals surface area contributed by atoms with Crippen molar-refractivity contribution in [1.29, 1.82) is 0 Å². The van der Waals surface area contributed by atoms with Crippen LogP contribution in [0.2, 0.25) is 20.4 Å². The van der Waals surface area contributed by atoms with Crippen LogP contribution in [0.3, 0.4) is 0 Å². The van der Waals surface area contributed by atoms with Crippen LogP contribution >= 0.6 is 0 Å². The molecule has 2 heteroatoms. The molecule has 0 saturated carbocycles. The molecule has 4 aromatic carbocycles. The Hall–Kier alpha value is -2.55. The van der Waals surface area contributed by atoms with E-state index in [0.29, 0.717) is 18.4 Å². The first-order valence-corrected chi connectivity index (χ1v) is 31.9. The van der Waals surface area contributed by atoms with Crippen LogP contribution in [-0.2, 0) is 20.0 Å². The Labute approximate surface area is 297 Å². The van der Waals surface area contributed by atoms with Crippen molar-refractivity contribution < 1.29 is 20.0 Å². The molecule has 0 N–H and O–H groups in total. The third-order valence-corrected chi connectivity index (χ3v) is 37.3. The zero-order valence-electron chi connectivity index (χ0n) is 32.1. The van der Waals surface area contributed by atoms with Gasteiger partial charge in [0.15, 0.2) is 0 Å². The van der Waals surface area contributed by atoms with Crippen molar-refractivity contribution in [2.45, 2.75) is 111 Å². The van der Waals surface area contributed by atoms with E-state index in [1.807, 2.05) is 10.4 Å². The van der Waals surface area contributed by atoms with E-state index in [1.165, 1.54) is 66.8 Å². The molecule has 0 radical (unpaired) electrons. The van der Waals surface area contributed by atoms with E-state index in [0.717, 1.165) is 0 Å². The first-order chi connectivity index (χ1) is 22.6. The molecule has 2 atom stereocenters. The summed E-state index contributed by atoms with van der Waals surface area (Å²) < 4.78 is 6.93. The first kappa shape index (κ1) is 33.9. The zero-order valence-corrected chi connectivity index (χ0v) is 36.7. The van der Waals surface area contributed by atoms with Crippen molar-refractivity contribution in [3.05, 3.63) is 126 Å². The van der Waals surface area contributed by atoms with Crippen LogP contribution < -0.4 is 0 Å². The second kappa shape index (κ2) is 11.5. The first-order valence-electron chi connectivity index (χ1n) is 18.4. The summed E-state index contributed by atoms with van der Waals surface area (Å²) in [4.78, 5) is 0. The minimum absolute atomic E-state index is 0.634. The second-order valence-electron chi connectivity index (χ2n) is 17.0. The molecule has 4 aromatic rings. The summed E-state index contributed by atoms with van der Waals surface area (Å²) in [5.74, 6) is 0. The van der Waals surface area contributed by atoms with Gasteiger partial charge in [-0.15, -0.1) is 0 Å². The number of aryl methyl sites for hydroxylation is 4. The predicted molar refractivity (Wildman–Crippen MR) is 211 cm³/mol. The number of hydrogen-bond donors (Lipinski definition) is 0. The second-order valence-corrected chi connectivity index (χ2v) is 39.4. The van der Waals surface area contributed by atoms with Gasteiger partial charge in [0.1, 0.15) is 0 Å². The average Bonchev–Trinajstić information content (AvgIpc) is 3.61. The minimum atomic E-state index is -3.19. The van der Waals surface area contributed by atoms with E-state index in [9.17, 15) is 0 Å². The van der Waals surface area contributed by atoms with E-state index >= 15 is 0 Å². The fraction of sp³-hybridized carbons (Fsp3) is 0.391. The number of rotatable bonds is 4. The van der Waals surface area contributed by atoms with Gasteiger partial charge >= 0.3 is 299 Å². The number of fused-ring (bicyclic) bond motifs is 6. The van der Waals surface area contributed by atoms with E-state index in [4.69, 9.17) is 0 Å². The fourth-order valence-corrected chi connectivity index (χ4v) is 43.9. The van der Waals surface area contributed by atoms with Gasteiger partial charge in [-0.25, -0.2) is 0 Å². The molecule has 1 saturated heterocycles. The maximum atomic E-state index is 2.83. The Kier molecular flexibility index (Phi) is 8.12. The van der Waals surface area contributed by atoms with Crippen LogP contribution in [0.4, 0.5) is 0 Å². The molecular formula is C46H56HfSi. The van der Waals surface area contributed by atoms with Crippen molar-refractivity contribution >= 4 is 20.2 Å². The van der Waals surface area contributed by atoms with Crippen molar-refractivity contribution in [3.63, 3.8) is 0 Å². The van der Waals surface area contributed by atoms with Gasteiger partial charge in [-0.2, -0.15) is 0 Å². The molecule has 0 aromatic heterocycles. The van der Waals surface area contributed by atoms with E-state index in [1.54, 1.807) is 22.3 Å². The molecule has 0 spiro atoms. The van der Waals surface area contributed by atoms with E-state index in [2.05, 4.69) is 153 Å². The molecule has 1 heterocycles. The van der Waals surface area contributed by atoms with Gasteiger partial charge in [0.05, 0.1) is 0 Å². The molecule has 2 aliphatic carbocycles. The van der Waals surface area contributed by atoms with Crippen LogP contribution in [0.1, 0.15) is 102 Å². The van der Waals surface area contributed by atoms with Gasteiger partial charge < -0.3 is 0 Å². The van der Waals surface area contributed by atoms with Crippen molar-refractivity contribution in [3.8, 4) is 22.3 Å². The van der Waals surface area contributed by atoms with Gasteiger partial charge in [0.25, 0.3) is 0 Å². The normalized spacial score (nSPS) is 20.0. The maximum absolute atomic E-state index is 3.19. The predicted octanol–water partition coefficient (Wildman–Crippen LogP) is 13.7. The van der Waals surface area contributed by atoms with Crippen molar-refractivity contribution in [2.24, 2.45) is 0 Å². The molecular weight excluding hydrogens is 759 g/mol. The van der Waals surface area contributed by atoms with Crippen LogP contribution in [0.15, 0.2) is 58.9 Å². The van der Waals surface area contributed by atoms with Crippen LogP contribution in [0, 0.1) is 55.4 Å². The topological polar surface area (TPSA) is 0 Å². The molecule has 2 unspecified atom stereocenters. The molecule has 7 rings (SSSR count). The Morgan fingerprint density at radius 3 is 1.17 bits per heavy atom. The molecule has 1 fully saturated rings. The molecule has 1 aliphatic heterocycles. The van der Waals surface area contributed by atoms with Gasteiger partial charge in [-0.1, -0.05) is 0 Å². The monoisotopic (exact) mass is 816 g/mol. The SMILES string of the molecule is Cc1cc(C)c(C)c(-c2cccc3c2C=C2[CH]3[Hf]([CH3])([CH3])[CH]3C(=Cc4c(-c5c(C)c(C)cc(C)c5C)cccc43)[Si]2(C(C)C)C(C)C)c1C. The van der Waals surface area contributed by atoms with Crippen LogP contribution in [-0.4, -0.2) is 8.07 Å². The fourth-order valence-electron chi connectivity index (χ4n) is 11.1. The third-order valence-electron chi connectivity index (χ3n) is 13.7. The molecule has 0 nitrogen and oxygen atoms in total. The Morgan fingerprint density at radius 2 is 0.854 bits per heavy atom. The van der Waals surface area contributed by atoms with Crippen molar-refractivity contribution in [1.82, 2.24) is 0 Å². The summed E-state index contributed by atoms with van der Waals surface area (Å²) in [6.45, 7) is 28.9. The molecule has 248 valence electrons.